The van der Waals surface area contributed by atoms with E-state index in [1.54, 1.807) is 6.92 Å². The van der Waals surface area contributed by atoms with Crippen LogP contribution in [0.5, 0.6) is 5.75 Å². The van der Waals surface area contributed by atoms with E-state index in [-0.39, 0.29) is 10.6 Å². The van der Waals surface area contributed by atoms with Crippen molar-refractivity contribution in [3.05, 3.63) is 52.8 Å². The third kappa shape index (κ3) is 4.53. The Morgan fingerprint density at radius 2 is 1.85 bits per heavy atom. The van der Waals surface area contributed by atoms with Crippen LogP contribution in [0.4, 0.5) is 10.1 Å². The van der Waals surface area contributed by atoms with Crippen LogP contribution in [-0.2, 0) is 19.6 Å². The number of carbonyl (C=O) groups is 1. The van der Waals surface area contributed by atoms with Gasteiger partial charge in [-0.3, -0.25) is 9.10 Å². The van der Waals surface area contributed by atoms with Crippen molar-refractivity contribution in [2.75, 3.05) is 24.6 Å². The van der Waals surface area contributed by atoms with Gasteiger partial charge < -0.3 is 9.47 Å². The first-order valence-corrected chi connectivity index (χ1v) is 9.80. The molecule has 0 aliphatic rings. The zero-order valence-corrected chi connectivity index (χ0v) is 16.5. The van der Waals surface area contributed by atoms with Gasteiger partial charge >= 0.3 is 5.97 Å². The summed E-state index contributed by atoms with van der Waals surface area (Å²) in [5.41, 5.74) is -0.257. The molecule has 0 bridgehead atoms. The van der Waals surface area contributed by atoms with Crippen molar-refractivity contribution in [2.45, 2.75) is 11.8 Å². The van der Waals surface area contributed by atoms with E-state index in [0.717, 1.165) is 13.2 Å². The minimum absolute atomic E-state index is 0.104. The summed E-state index contributed by atoms with van der Waals surface area (Å²) >= 11 is 3.11. The molecule has 0 unspecified atom stereocenters. The molecule has 0 saturated carbocycles. The maximum atomic E-state index is 14.4. The van der Waals surface area contributed by atoms with Gasteiger partial charge in [-0.25, -0.2) is 12.8 Å². The Bertz CT molecular complexity index is 887. The number of hydrogen-bond donors (Lipinski definition) is 0. The summed E-state index contributed by atoms with van der Waals surface area (Å²) in [5, 5.41) is 0. The van der Waals surface area contributed by atoms with E-state index in [1.165, 1.54) is 36.4 Å². The third-order valence-electron chi connectivity index (χ3n) is 3.40. The van der Waals surface area contributed by atoms with E-state index >= 15 is 0 Å². The minimum Gasteiger partial charge on any atom is -0.494 e. The third-order valence-corrected chi connectivity index (χ3v) is 5.67. The van der Waals surface area contributed by atoms with Crippen LogP contribution in [0, 0.1) is 5.82 Å². The molecule has 0 radical (unpaired) electrons. The molecule has 26 heavy (non-hydrogen) atoms. The van der Waals surface area contributed by atoms with Gasteiger partial charge in [-0.15, -0.1) is 0 Å². The standard InChI is InChI=1S/C17H17BrFNO5S/c1-3-25-13-5-7-14(8-6-13)26(22,23)20(11-17(21)24-2)16-9-4-12(18)10-15(16)19/h4-10H,3,11H2,1-2H3. The van der Waals surface area contributed by atoms with E-state index in [9.17, 15) is 17.6 Å². The summed E-state index contributed by atoms with van der Waals surface area (Å²) in [6, 6.07) is 9.52. The van der Waals surface area contributed by atoms with Crippen molar-refractivity contribution in [3.8, 4) is 5.75 Å². The second-order valence-electron chi connectivity index (χ2n) is 5.09. The normalized spacial score (nSPS) is 11.1. The summed E-state index contributed by atoms with van der Waals surface area (Å²) in [5.74, 6) is -1.11. The number of esters is 1. The number of carbonyl (C=O) groups excluding carboxylic acids is 1. The lowest BCUT2D eigenvalue weighted by molar-refractivity contribution is -0.138. The highest BCUT2D eigenvalue weighted by molar-refractivity contribution is 9.10. The molecule has 0 heterocycles. The van der Waals surface area contributed by atoms with Crippen LogP contribution in [0.1, 0.15) is 6.92 Å². The quantitative estimate of drug-likeness (QED) is 0.610. The average Bonchev–Trinajstić information content (AvgIpc) is 2.60. The van der Waals surface area contributed by atoms with E-state index in [4.69, 9.17) is 4.74 Å². The predicted molar refractivity (Wildman–Crippen MR) is 98.3 cm³/mol. The average molecular weight is 446 g/mol. The predicted octanol–water partition coefficient (Wildman–Crippen LogP) is 3.36. The van der Waals surface area contributed by atoms with Crippen LogP contribution in [0.15, 0.2) is 51.8 Å². The summed E-state index contributed by atoms with van der Waals surface area (Å²) in [6.45, 7) is 1.58. The SMILES string of the molecule is CCOc1ccc(S(=O)(=O)N(CC(=O)OC)c2ccc(Br)cc2F)cc1. The molecule has 0 aliphatic carbocycles. The second kappa shape index (κ2) is 8.50. The van der Waals surface area contributed by atoms with Gasteiger partial charge in [0.1, 0.15) is 18.1 Å². The van der Waals surface area contributed by atoms with Crippen LogP contribution in [0.3, 0.4) is 0 Å². The van der Waals surface area contributed by atoms with Gasteiger partial charge in [0.25, 0.3) is 10.0 Å². The molecule has 0 aromatic heterocycles. The van der Waals surface area contributed by atoms with Gasteiger partial charge in [-0.05, 0) is 49.4 Å². The number of ether oxygens (including phenoxy) is 2. The summed E-state index contributed by atoms with van der Waals surface area (Å²) in [4.78, 5) is 11.6. The summed E-state index contributed by atoms with van der Waals surface area (Å²) in [6.07, 6.45) is 0. The molecule has 0 N–H and O–H groups in total. The number of benzene rings is 2. The fourth-order valence-corrected chi connectivity index (χ4v) is 3.92. The highest BCUT2D eigenvalue weighted by Gasteiger charge is 2.29. The topological polar surface area (TPSA) is 72.9 Å². The lowest BCUT2D eigenvalue weighted by Gasteiger charge is -2.24. The molecule has 0 saturated heterocycles. The van der Waals surface area contributed by atoms with Crippen LogP contribution in [-0.4, -0.2) is 34.6 Å². The fourth-order valence-electron chi connectivity index (χ4n) is 2.17. The van der Waals surface area contributed by atoms with Crippen LogP contribution >= 0.6 is 15.9 Å². The Morgan fingerprint density at radius 3 is 2.38 bits per heavy atom. The number of halogens is 2. The maximum absolute atomic E-state index is 14.4. The lowest BCUT2D eigenvalue weighted by Crippen LogP contribution is -2.36. The zero-order chi connectivity index (χ0) is 19.3. The lowest BCUT2D eigenvalue weighted by atomic mass is 10.3. The Balaban J connectivity index is 2.50. The number of hydrogen-bond acceptors (Lipinski definition) is 5. The largest absolute Gasteiger partial charge is 0.494 e. The molecule has 2 aromatic carbocycles. The van der Waals surface area contributed by atoms with Crippen molar-refractivity contribution in [3.63, 3.8) is 0 Å². The Kier molecular flexibility index (Phi) is 6.60. The van der Waals surface area contributed by atoms with Gasteiger partial charge in [0.05, 0.1) is 24.3 Å². The second-order valence-corrected chi connectivity index (χ2v) is 7.87. The van der Waals surface area contributed by atoms with Gasteiger partial charge in [0, 0.05) is 4.47 Å². The van der Waals surface area contributed by atoms with Gasteiger partial charge in [0.2, 0.25) is 0 Å². The molecule has 0 amide bonds. The number of methoxy groups -OCH3 is 1. The number of sulfonamides is 1. The van der Waals surface area contributed by atoms with Crippen molar-refractivity contribution >= 4 is 37.6 Å². The first kappa shape index (κ1) is 20.2. The molecule has 0 fully saturated rings. The minimum atomic E-state index is -4.20. The Labute approximate surface area is 159 Å². The maximum Gasteiger partial charge on any atom is 0.326 e. The van der Waals surface area contributed by atoms with Crippen LogP contribution in [0.2, 0.25) is 0 Å². The molecular formula is C17H17BrFNO5S. The molecule has 0 spiro atoms. The fraction of sp³-hybridized carbons (Fsp3) is 0.235. The Hall–Kier alpha value is -2.13. The zero-order valence-electron chi connectivity index (χ0n) is 14.1. The number of anilines is 1. The summed E-state index contributed by atoms with van der Waals surface area (Å²) in [7, 11) is -3.08. The van der Waals surface area contributed by atoms with E-state index in [2.05, 4.69) is 20.7 Å². The Morgan fingerprint density at radius 1 is 1.19 bits per heavy atom. The van der Waals surface area contributed by atoms with Gasteiger partial charge in [0.15, 0.2) is 0 Å². The van der Waals surface area contributed by atoms with Crippen LogP contribution < -0.4 is 9.04 Å². The highest BCUT2D eigenvalue weighted by Crippen LogP contribution is 2.29. The number of nitrogens with zero attached hydrogens (tertiary/aromatic N) is 1. The molecule has 9 heteroatoms. The molecule has 140 valence electrons. The molecule has 0 aliphatic heterocycles. The molecule has 0 atom stereocenters. The van der Waals surface area contributed by atoms with Crippen molar-refractivity contribution in [1.82, 2.24) is 0 Å². The van der Waals surface area contributed by atoms with Gasteiger partial charge in [-0.2, -0.15) is 0 Å². The first-order valence-electron chi connectivity index (χ1n) is 7.57. The molecular weight excluding hydrogens is 429 g/mol. The first-order chi connectivity index (χ1) is 12.3. The van der Waals surface area contributed by atoms with E-state index < -0.39 is 28.4 Å². The molecule has 2 rings (SSSR count). The van der Waals surface area contributed by atoms with E-state index in [1.807, 2.05) is 0 Å². The van der Waals surface area contributed by atoms with Crippen molar-refractivity contribution < 1.29 is 27.1 Å². The smallest absolute Gasteiger partial charge is 0.326 e. The van der Waals surface area contributed by atoms with Crippen LogP contribution in [0.25, 0.3) is 0 Å². The van der Waals surface area contributed by atoms with Crippen molar-refractivity contribution in [2.24, 2.45) is 0 Å². The number of rotatable bonds is 7. The summed E-state index contributed by atoms with van der Waals surface area (Å²) < 4.78 is 51.3. The molecule has 6 nitrogen and oxygen atoms in total. The van der Waals surface area contributed by atoms with Gasteiger partial charge in [-0.1, -0.05) is 15.9 Å². The highest BCUT2D eigenvalue weighted by atomic mass is 79.9. The monoisotopic (exact) mass is 445 g/mol. The van der Waals surface area contributed by atoms with Crippen molar-refractivity contribution in [1.29, 1.82) is 0 Å². The molecule has 2 aromatic rings. The van der Waals surface area contributed by atoms with E-state index in [0.29, 0.717) is 21.1 Å².